The fourth-order valence-electron chi connectivity index (χ4n) is 1.76. The van der Waals surface area contributed by atoms with Gasteiger partial charge in [-0.15, -0.1) is 0 Å². The molecule has 5 nitrogen and oxygen atoms in total. The summed E-state index contributed by atoms with van der Waals surface area (Å²) in [5, 5.41) is 3.98. The van der Waals surface area contributed by atoms with Crippen molar-refractivity contribution >= 4 is 5.69 Å². The first kappa shape index (κ1) is 12.6. The number of aromatic nitrogens is 2. The molecule has 5 heteroatoms. The molecule has 2 aromatic rings. The minimum Gasteiger partial charge on any atom is -0.398 e. The molecule has 0 saturated heterocycles. The van der Waals surface area contributed by atoms with E-state index in [0.717, 1.165) is 24.1 Å². The van der Waals surface area contributed by atoms with Gasteiger partial charge in [-0.05, 0) is 32.6 Å². The lowest BCUT2D eigenvalue weighted by molar-refractivity contribution is 0.392. The monoisotopic (exact) mass is 246 g/mol. The Hall–Kier alpha value is -1.88. The first-order valence-electron chi connectivity index (χ1n) is 5.90. The second-order valence-electron chi connectivity index (χ2n) is 4.61. The molecule has 0 amide bonds. The van der Waals surface area contributed by atoms with Crippen molar-refractivity contribution < 1.29 is 4.52 Å². The Morgan fingerprint density at radius 1 is 1.33 bits per heavy atom. The average Bonchev–Trinajstić information content (AvgIpc) is 2.75. The predicted octanol–water partition coefficient (Wildman–Crippen LogP) is 1.73. The number of aryl methyl sites for hydroxylation is 1. The highest BCUT2D eigenvalue weighted by Crippen LogP contribution is 2.27. The Morgan fingerprint density at radius 3 is 2.78 bits per heavy atom. The summed E-state index contributed by atoms with van der Waals surface area (Å²) in [6, 6.07) is 5.74. The Bertz CT molecular complexity index is 513. The summed E-state index contributed by atoms with van der Waals surface area (Å²) in [4.78, 5) is 6.47. The van der Waals surface area contributed by atoms with Crippen LogP contribution in [0.25, 0.3) is 11.5 Å². The first-order chi connectivity index (χ1) is 8.58. The van der Waals surface area contributed by atoms with E-state index in [0.29, 0.717) is 17.4 Å². The van der Waals surface area contributed by atoms with Crippen LogP contribution in [0, 0.1) is 6.92 Å². The van der Waals surface area contributed by atoms with Crippen LogP contribution in [0.5, 0.6) is 0 Å². The first-order valence-corrected chi connectivity index (χ1v) is 5.90. The summed E-state index contributed by atoms with van der Waals surface area (Å²) >= 11 is 0. The number of nitrogen functional groups attached to an aromatic ring is 1. The van der Waals surface area contributed by atoms with Gasteiger partial charge in [0.2, 0.25) is 0 Å². The number of hydrogen-bond donors (Lipinski definition) is 1. The topological polar surface area (TPSA) is 68.2 Å². The summed E-state index contributed by atoms with van der Waals surface area (Å²) in [6.07, 6.45) is 0.766. The lowest BCUT2D eigenvalue weighted by Crippen LogP contribution is -2.15. The van der Waals surface area contributed by atoms with Crippen LogP contribution in [0.4, 0.5) is 5.69 Å². The summed E-state index contributed by atoms with van der Waals surface area (Å²) in [5.74, 6) is 1.21. The molecule has 0 bridgehead atoms. The lowest BCUT2D eigenvalue weighted by atomic mass is 10.1. The highest BCUT2D eigenvalue weighted by atomic mass is 16.5. The molecular weight excluding hydrogens is 228 g/mol. The molecule has 0 unspecified atom stereocenters. The van der Waals surface area contributed by atoms with E-state index in [-0.39, 0.29) is 0 Å². The number of nitrogens with two attached hydrogens (primary N) is 1. The molecule has 0 radical (unpaired) electrons. The van der Waals surface area contributed by atoms with Gasteiger partial charge in [-0.1, -0.05) is 17.3 Å². The summed E-state index contributed by atoms with van der Waals surface area (Å²) in [7, 11) is 4.03. The third-order valence-electron chi connectivity index (χ3n) is 2.77. The molecule has 2 rings (SSSR count). The van der Waals surface area contributed by atoms with Crippen LogP contribution in [-0.2, 0) is 6.42 Å². The number of nitrogens with zero attached hydrogens (tertiary/aromatic N) is 3. The van der Waals surface area contributed by atoms with E-state index in [1.165, 1.54) is 0 Å². The SMILES string of the molecule is Cc1cccc(N)c1-c1nc(CCN(C)C)no1. The maximum atomic E-state index is 5.95. The van der Waals surface area contributed by atoms with E-state index in [1.807, 2.05) is 39.2 Å². The van der Waals surface area contributed by atoms with Crippen molar-refractivity contribution in [1.29, 1.82) is 0 Å². The van der Waals surface area contributed by atoms with Crippen molar-refractivity contribution in [2.75, 3.05) is 26.4 Å². The van der Waals surface area contributed by atoms with Gasteiger partial charge in [-0.2, -0.15) is 4.98 Å². The maximum Gasteiger partial charge on any atom is 0.260 e. The molecule has 0 spiro atoms. The third kappa shape index (κ3) is 2.68. The van der Waals surface area contributed by atoms with Gasteiger partial charge in [0.1, 0.15) is 0 Å². The van der Waals surface area contributed by atoms with E-state index in [4.69, 9.17) is 10.3 Å². The van der Waals surface area contributed by atoms with Crippen LogP contribution in [0.3, 0.4) is 0 Å². The fourth-order valence-corrected chi connectivity index (χ4v) is 1.76. The molecule has 1 heterocycles. The molecule has 0 fully saturated rings. The van der Waals surface area contributed by atoms with Gasteiger partial charge in [0.05, 0.1) is 5.56 Å². The van der Waals surface area contributed by atoms with Crippen LogP contribution in [-0.4, -0.2) is 35.7 Å². The number of likely N-dealkylation sites (N-methyl/N-ethyl adjacent to an activating group) is 1. The molecule has 0 aliphatic heterocycles. The zero-order chi connectivity index (χ0) is 13.1. The maximum absolute atomic E-state index is 5.95. The van der Waals surface area contributed by atoms with Crippen molar-refractivity contribution in [2.24, 2.45) is 0 Å². The van der Waals surface area contributed by atoms with Gasteiger partial charge < -0.3 is 15.2 Å². The van der Waals surface area contributed by atoms with Crippen molar-refractivity contribution in [2.45, 2.75) is 13.3 Å². The second-order valence-corrected chi connectivity index (χ2v) is 4.61. The summed E-state index contributed by atoms with van der Waals surface area (Å²) in [5.41, 5.74) is 8.49. The highest BCUT2D eigenvalue weighted by Gasteiger charge is 2.13. The van der Waals surface area contributed by atoms with Crippen molar-refractivity contribution in [1.82, 2.24) is 15.0 Å². The Kier molecular flexibility index (Phi) is 3.62. The van der Waals surface area contributed by atoms with E-state index >= 15 is 0 Å². The Balaban J connectivity index is 2.24. The van der Waals surface area contributed by atoms with Crippen LogP contribution in [0.1, 0.15) is 11.4 Å². The molecule has 0 aliphatic carbocycles. The standard InChI is InChI=1S/C13H18N4O/c1-9-5-4-6-10(14)12(9)13-15-11(16-18-13)7-8-17(2)3/h4-6H,7-8,14H2,1-3H3. The van der Waals surface area contributed by atoms with Crippen LogP contribution >= 0.6 is 0 Å². The van der Waals surface area contributed by atoms with Crippen LogP contribution in [0.2, 0.25) is 0 Å². The number of hydrogen-bond acceptors (Lipinski definition) is 5. The molecule has 96 valence electrons. The van der Waals surface area contributed by atoms with E-state index in [9.17, 15) is 0 Å². The van der Waals surface area contributed by atoms with E-state index in [2.05, 4.69) is 15.0 Å². The number of anilines is 1. The van der Waals surface area contributed by atoms with Gasteiger partial charge in [0, 0.05) is 18.7 Å². The Labute approximate surface area is 107 Å². The third-order valence-corrected chi connectivity index (χ3v) is 2.77. The summed E-state index contributed by atoms with van der Waals surface area (Å²) < 4.78 is 5.29. The fraction of sp³-hybridized carbons (Fsp3) is 0.385. The molecule has 2 N–H and O–H groups in total. The van der Waals surface area contributed by atoms with Crippen molar-refractivity contribution in [3.8, 4) is 11.5 Å². The van der Waals surface area contributed by atoms with Gasteiger partial charge in [-0.25, -0.2) is 0 Å². The normalized spacial score (nSPS) is 11.1. The molecule has 18 heavy (non-hydrogen) atoms. The van der Waals surface area contributed by atoms with Crippen LogP contribution in [0.15, 0.2) is 22.7 Å². The molecule has 1 aromatic carbocycles. The molecule has 0 atom stereocenters. The number of rotatable bonds is 4. The zero-order valence-corrected chi connectivity index (χ0v) is 11.0. The average molecular weight is 246 g/mol. The highest BCUT2D eigenvalue weighted by molar-refractivity contribution is 5.73. The largest absolute Gasteiger partial charge is 0.398 e. The predicted molar refractivity (Wildman–Crippen MR) is 71.1 cm³/mol. The molecular formula is C13H18N4O. The minimum absolute atomic E-state index is 0.499. The van der Waals surface area contributed by atoms with Crippen molar-refractivity contribution in [3.05, 3.63) is 29.6 Å². The van der Waals surface area contributed by atoms with E-state index < -0.39 is 0 Å². The summed E-state index contributed by atoms with van der Waals surface area (Å²) in [6.45, 7) is 2.87. The van der Waals surface area contributed by atoms with Crippen molar-refractivity contribution in [3.63, 3.8) is 0 Å². The quantitative estimate of drug-likeness (QED) is 0.832. The molecule has 1 aromatic heterocycles. The minimum atomic E-state index is 0.499. The van der Waals surface area contributed by atoms with Gasteiger partial charge in [-0.3, -0.25) is 0 Å². The van der Waals surface area contributed by atoms with Gasteiger partial charge in [0.15, 0.2) is 5.82 Å². The smallest absolute Gasteiger partial charge is 0.260 e. The molecule has 0 saturated carbocycles. The van der Waals surface area contributed by atoms with Gasteiger partial charge in [0.25, 0.3) is 5.89 Å². The second kappa shape index (κ2) is 5.18. The van der Waals surface area contributed by atoms with Gasteiger partial charge >= 0.3 is 0 Å². The number of benzene rings is 1. The van der Waals surface area contributed by atoms with E-state index in [1.54, 1.807) is 0 Å². The Morgan fingerprint density at radius 2 is 2.11 bits per heavy atom. The van der Waals surface area contributed by atoms with Crippen LogP contribution < -0.4 is 5.73 Å². The molecule has 0 aliphatic rings. The zero-order valence-electron chi connectivity index (χ0n) is 11.0. The lowest BCUT2D eigenvalue weighted by Gasteiger charge is -2.05.